The number of fused-ring (bicyclic) bond motifs is 3. The first-order valence-corrected chi connectivity index (χ1v) is 45.0. The van der Waals surface area contributed by atoms with Crippen LogP contribution in [0.4, 0.5) is 0 Å². The SMILES string of the molecule is CC[Si](CC)(c1ccc2c(-c3cc(C(C)(C)C)cc(C(C)(C)C)c3C)[n+](C)ccc2c1)C(C)(C)C.CC[Si](CC)(c1ccc2c(-c3cc(C(C)(C)C)cc(C)c3C)[n+](C)ccc2c1)C(C)(C)C.CC[Si](CC)(c1ccc2c(-c3cc(C(C)(C)C)ccc3C)[n+](C)ccc2c1)C(C)(C)C. The molecule has 6 heteroatoms. The minimum Gasteiger partial charge on any atom is -0.200 e. The van der Waals surface area contributed by atoms with E-state index in [0.717, 1.165) is 0 Å². The summed E-state index contributed by atoms with van der Waals surface area (Å²) < 4.78 is 6.94. The van der Waals surface area contributed by atoms with Crippen molar-refractivity contribution < 1.29 is 13.7 Å². The molecule has 0 fully saturated rings. The van der Waals surface area contributed by atoms with Gasteiger partial charge in [-0.2, -0.15) is 0 Å². The van der Waals surface area contributed by atoms with Crippen LogP contribution in [0.5, 0.6) is 0 Å². The van der Waals surface area contributed by atoms with Gasteiger partial charge in [-0.3, -0.25) is 0 Å². The summed E-state index contributed by atoms with van der Waals surface area (Å²) in [5, 5.41) is 14.0. The van der Waals surface area contributed by atoms with Crippen LogP contribution in [-0.2, 0) is 42.8 Å². The third-order valence-electron chi connectivity index (χ3n) is 24.5. The molecule has 0 spiro atoms. The average molecular weight is 1370 g/mol. The number of pyridine rings is 3. The Kier molecular flexibility index (Phi) is 23.5. The maximum Gasteiger partial charge on any atom is 0.220 e. The Balaban J connectivity index is 0.000000207. The van der Waals surface area contributed by atoms with E-state index in [9.17, 15) is 0 Å². The van der Waals surface area contributed by atoms with Gasteiger partial charge in [-0.05, 0) is 162 Å². The Morgan fingerprint density at radius 3 is 0.878 bits per heavy atom. The number of benzene rings is 6. The van der Waals surface area contributed by atoms with Crippen LogP contribution < -0.4 is 29.3 Å². The Hall–Kier alpha value is -5.80. The van der Waals surface area contributed by atoms with Gasteiger partial charge in [0.05, 0.1) is 51.5 Å². The number of hydrogen-bond acceptors (Lipinski definition) is 0. The van der Waals surface area contributed by atoms with Crippen molar-refractivity contribution in [2.24, 2.45) is 21.1 Å². The zero-order valence-corrected chi connectivity index (χ0v) is 71.8. The number of rotatable bonds is 12. The molecule has 0 N–H and O–H groups in total. The van der Waals surface area contributed by atoms with E-state index in [2.05, 4.69) is 383 Å². The third-order valence-corrected chi connectivity index (χ3v) is 44.6. The molecule has 0 bridgehead atoms. The van der Waals surface area contributed by atoms with Gasteiger partial charge in [0.15, 0.2) is 18.6 Å². The lowest BCUT2D eigenvalue weighted by Gasteiger charge is -2.42. The van der Waals surface area contributed by atoms with Gasteiger partial charge in [-0.1, -0.05) is 299 Å². The second-order valence-electron chi connectivity index (χ2n) is 37.0. The van der Waals surface area contributed by atoms with Crippen molar-refractivity contribution in [3.8, 4) is 33.8 Å². The highest BCUT2D eigenvalue weighted by Gasteiger charge is 2.46. The third kappa shape index (κ3) is 15.4. The molecular weight excluding hydrogens is 1230 g/mol. The van der Waals surface area contributed by atoms with Crippen LogP contribution in [0.1, 0.15) is 231 Å². The smallest absolute Gasteiger partial charge is 0.200 e. The average Bonchev–Trinajstić information content (AvgIpc) is 0.759. The lowest BCUT2D eigenvalue weighted by molar-refractivity contribution is -0.659. The predicted octanol–water partition coefficient (Wildman–Crippen LogP) is 23.9. The van der Waals surface area contributed by atoms with Crippen molar-refractivity contribution in [1.29, 1.82) is 0 Å². The number of nitrogens with zero attached hydrogens (tertiary/aromatic N) is 3. The van der Waals surface area contributed by atoms with Crippen LogP contribution in [0.2, 0.25) is 51.4 Å². The van der Waals surface area contributed by atoms with Gasteiger partial charge in [0.25, 0.3) is 0 Å². The minimum absolute atomic E-state index is 0.0938. The summed E-state index contributed by atoms with van der Waals surface area (Å²) in [6.45, 7) is 73.5. The fraction of sp³-hybridized carbons (Fsp3) is 0.511. The van der Waals surface area contributed by atoms with E-state index in [1.165, 1.54) is 147 Å². The lowest BCUT2D eigenvalue weighted by Crippen LogP contribution is -2.53. The minimum atomic E-state index is -1.63. The van der Waals surface area contributed by atoms with Crippen LogP contribution in [0.25, 0.3) is 66.1 Å². The lowest BCUT2D eigenvalue weighted by atomic mass is 9.76. The second kappa shape index (κ2) is 28.9. The van der Waals surface area contributed by atoms with Crippen molar-refractivity contribution in [2.45, 2.75) is 288 Å². The van der Waals surface area contributed by atoms with Gasteiger partial charge in [0.1, 0.15) is 21.1 Å². The molecule has 0 amide bonds. The predicted molar refractivity (Wildman–Crippen MR) is 444 cm³/mol. The molecule has 0 unspecified atom stereocenters. The maximum atomic E-state index is 2.54. The highest BCUT2D eigenvalue weighted by atomic mass is 28.3. The molecule has 0 aliphatic carbocycles. The molecule has 9 aromatic rings. The molecule has 98 heavy (non-hydrogen) atoms. The molecule has 0 saturated carbocycles. The van der Waals surface area contributed by atoms with E-state index in [4.69, 9.17) is 0 Å². The molecule has 0 radical (unpaired) electrons. The number of aryl methyl sites for hydroxylation is 5. The first kappa shape index (κ1) is 79.5. The van der Waals surface area contributed by atoms with Crippen molar-refractivity contribution in [3.63, 3.8) is 0 Å². The van der Waals surface area contributed by atoms with E-state index < -0.39 is 24.2 Å². The quantitative estimate of drug-likeness (QED) is 0.0853. The molecule has 0 aliphatic heterocycles. The van der Waals surface area contributed by atoms with Gasteiger partial charge in [0, 0.05) is 23.8 Å². The van der Waals surface area contributed by atoms with Crippen molar-refractivity contribution in [2.75, 3.05) is 0 Å². The maximum absolute atomic E-state index is 2.54. The van der Waals surface area contributed by atoms with Crippen molar-refractivity contribution >= 4 is 72.1 Å². The number of hydrogen-bond donors (Lipinski definition) is 0. The van der Waals surface area contributed by atoms with E-state index in [1.807, 2.05) is 0 Å². The van der Waals surface area contributed by atoms with Crippen LogP contribution >= 0.6 is 0 Å². The van der Waals surface area contributed by atoms with Crippen LogP contribution in [-0.4, -0.2) is 24.2 Å². The van der Waals surface area contributed by atoms with Crippen molar-refractivity contribution in [1.82, 2.24) is 0 Å². The zero-order chi connectivity index (χ0) is 73.8. The monoisotopic (exact) mass is 1370 g/mol. The van der Waals surface area contributed by atoms with Crippen molar-refractivity contribution in [3.05, 3.63) is 178 Å². The fourth-order valence-corrected chi connectivity index (χ4v) is 32.9. The Labute approximate surface area is 602 Å². The van der Waals surface area contributed by atoms with E-state index in [0.29, 0.717) is 15.1 Å². The highest BCUT2D eigenvalue weighted by Crippen LogP contribution is 2.46. The first-order valence-electron chi connectivity index (χ1n) is 37.8. The summed E-state index contributed by atoms with van der Waals surface area (Å²) in [4.78, 5) is 0. The zero-order valence-electron chi connectivity index (χ0n) is 68.8. The largest absolute Gasteiger partial charge is 0.220 e. The molecule has 3 nitrogen and oxygen atoms in total. The second-order valence-corrected chi connectivity index (χ2v) is 54.0. The molecule has 528 valence electrons. The van der Waals surface area contributed by atoms with E-state index in [1.54, 1.807) is 15.6 Å². The summed E-state index contributed by atoms with van der Waals surface area (Å²) in [5.41, 5.74) is 19.7. The molecule has 9 rings (SSSR count). The molecule has 0 atom stereocenters. The molecule has 0 saturated heterocycles. The Morgan fingerprint density at radius 1 is 0.286 bits per heavy atom. The summed E-state index contributed by atoms with van der Waals surface area (Å²) in [6.07, 6.45) is 6.75. The van der Waals surface area contributed by atoms with Gasteiger partial charge in [-0.15, -0.1) is 0 Å². The Bertz CT molecular complexity index is 4340. The summed E-state index contributed by atoms with van der Waals surface area (Å²) in [6, 6.07) is 53.6. The molecule has 0 aliphatic rings. The van der Waals surface area contributed by atoms with Crippen LogP contribution in [0, 0.1) is 27.7 Å². The highest BCUT2D eigenvalue weighted by molar-refractivity contribution is 6.95. The van der Waals surface area contributed by atoms with Crippen LogP contribution in [0.15, 0.2) is 134 Å². The molecule has 3 aromatic heterocycles. The first-order chi connectivity index (χ1) is 45.1. The normalized spacial score (nSPS) is 13.2. The summed E-state index contributed by atoms with van der Waals surface area (Å²) in [5.74, 6) is 0. The summed E-state index contributed by atoms with van der Waals surface area (Å²) in [7, 11) is 1.73. The Morgan fingerprint density at radius 2 is 0.582 bits per heavy atom. The number of aromatic nitrogens is 3. The fourth-order valence-electron chi connectivity index (χ4n) is 17.5. The van der Waals surface area contributed by atoms with E-state index >= 15 is 0 Å². The van der Waals surface area contributed by atoms with Gasteiger partial charge >= 0.3 is 0 Å². The molecular formula is C92H136N3Si3+3. The topological polar surface area (TPSA) is 11.6 Å². The van der Waals surface area contributed by atoms with E-state index in [-0.39, 0.29) is 21.7 Å². The van der Waals surface area contributed by atoms with Crippen LogP contribution in [0.3, 0.4) is 0 Å². The standard InChI is InChI=1S/C33H50NSi.C30H44NSi.C29H42NSi/c1-14-35(15-2,33(10,11)12)26-16-17-27-24(20-26)18-19-34(13)30(27)28-21-25(31(4,5)6)22-29(23(28)3)32(7,8)9;1-12-32(13-2,30(8,9)10)25-14-15-26-23(19-25)16-17-31(11)28(26)27-20-24(29(5,6)7)18-21(3)22(27)4;1-11-31(12-2,29(7,8)9)24-15-16-25-22(19-24)17-18-30(10)27(25)26-20-23(28(4,5)6)14-13-21(26)3/h16-22H,14-15H2,1-13H3;14-20H,12-13H2,1-11H3;13-20H,11-12H2,1-10H3/q3*+1. The molecule has 6 aromatic carbocycles. The summed E-state index contributed by atoms with van der Waals surface area (Å²) >= 11 is 0. The van der Waals surface area contributed by atoms with Gasteiger partial charge < -0.3 is 0 Å². The van der Waals surface area contributed by atoms with Gasteiger partial charge in [-0.25, -0.2) is 13.7 Å². The van der Waals surface area contributed by atoms with Gasteiger partial charge in [0.2, 0.25) is 17.1 Å². The molecule has 3 heterocycles.